The molecule has 0 aliphatic heterocycles. The van der Waals surface area contributed by atoms with Gasteiger partial charge in [0.2, 0.25) is 5.91 Å². The third-order valence-corrected chi connectivity index (χ3v) is 4.66. The highest BCUT2D eigenvalue weighted by molar-refractivity contribution is 7.99. The maximum atomic E-state index is 12.1. The van der Waals surface area contributed by atoms with E-state index in [4.69, 9.17) is 13.9 Å². The highest BCUT2D eigenvalue weighted by atomic mass is 32.2. The Morgan fingerprint density at radius 3 is 2.67 bits per heavy atom. The van der Waals surface area contributed by atoms with E-state index < -0.39 is 0 Å². The van der Waals surface area contributed by atoms with Gasteiger partial charge >= 0.3 is 6.01 Å². The number of thioether (sulfide) groups is 1. The number of carbonyl (C=O) groups is 1. The van der Waals surface area contributed by atoms with Crippen LogP contribution in [0.4, 0.5) is 6.01 Å². The summed E-state index contributed by atoms with van der Waals surface area (Å²) in [5.41, 5.74) is 1.78. The molecule has 1 N–H and O–H groups in total. The molecule has 0 unspecified atom stereocenters. The second-order valence-corrected chi connectivity index (χ2v) is 6.49. The summed E-state index contributed by atoms with van der Waals surface area (Å²) >= 11 is 1.51. The summed E-state index contributed by atoms with van der Waals surface area (Å²) in [5.74, 6) is 2.29. The molecule has 140 valence electrons. The number of methoxy groups -OCH3 is 2. The van der Waals surface area contributed by atoms with Gasteiger partial charge in [-0.3, -0.25) is 10.1 Å². The first-order chi connectivity index (χ1) is 13.2. The number of amides is 1. The van der Waals surface area contributed by atoms with Crippen LogP contribution < -0.4 is 14.8 Å². The van der Waals surface area contributed by atoms with E-state index in [-0.39, 0.29) is 17.8 Å². The van der Waals surface area contributed by atoms with Crippen molar-refractivity contribution in [1.29, 1.82) is 0 Å². The maximum Gasteiger partial charge on any atom is 0.322 e. The number of anilines is 1. The average Bonchev–Trinajstić information content (AvgIpc) is 3.16. The number of aromatic nitrogens is 2. The molecule has 8 heteroatoms. The van der Waals surface area contributed by atoms with Gasteiger partial charge in [-0.05, 0) is 17.7 Å². The van der Waals surface area contributed by atoms with Crippen molar-refractivity contribution in [3.8, 4) is 23.0 Å². The first-order valence-electron chi connectivity index (χ1n) is 8.17. The van der Waals surface area contributed by atoms with Crippen LogP contribution in [0.25, 0.3) is 11.5 Å². The minimum absolute atomic E-state index is 0.0492. The highest BCUT2D eigenvalue weighted by Crippen LogP contribution is 2.33. The zero-order chi connectivity index (χ0) is 19.1. The van der Waals surface area contributed by atoms with E-state index in [1.807, 2.05) is 30.3 Å². The summed E-state index contributed by atoms with van der Waals surface area (Å²) in [6, 6.07) is 15.3. The number of hydrogen-bond acceptors (Lipinski definition) is 7. The standard InChI is InChI=1S/C19H19N3O4S/c1-24-14-8-9-15(16(10-14)25-2)18-21-22-19(26-18)20-17(23)12-27-11-13-6-4-3-5-7-13/h3-10H,11-12H2,1-2H3,(H,20,22,23). The number of carbonyl (C=O) groups excluding carboxylic acids is 1. The zero-order valence-corrected chi connectivity index (χ0v) is 15.8. The molecule has 1 aromatic heterocycles. The lowest BCUT2D eigenvalue weighted by molar-refractivity contribution is -0.113. The van der Waals surface area contributed by atoms with Crippen molar-refractivity contribution >= 4 is 23.7 Å². The van der Waals surface area contributed by atoms with Gasteiger partial charge in [0.25, 0.3) is 5.89 Å². The Morgan fingerprint density at radius 1 is 1.11 bits per heavy atom. The highest BCUT2D eigenvalue weighted by Gasteiger charge is 2.16. The van der Waals surface area contributed by atoms with Crippen LogP contribution in [0.1, 0.15) is 5.56 Å². The summed E-state index contributed by atoms with van der Waals surface area (Å²) in [4.78, 5) is 12.1. The van der Waals surface area contributed by atoms with Gasteiger partial charge in [-0.25, -0.2) is 0 Å². The molecule has 27 heavy (non-hydrogen) atoms. The monoisotopic (exact) mass is 385 g/mol. The van der Waals surface area contributed by atoms with Gasteiger partial charge < -0.3 is 13.9 Å². The molecule has 3 aromatic rings. The summed E-state index contributed by atoms with van der Waals surface area (Å²) in [5, 5.41) is 10.5. The largest absolute Gasteiger partial charge is 0.497 e. The Bertz CT molecular complexity index is 899. The molecule has 0 atom stereocenters. The molecule has 1 heterocycles. The fraction of sp³-hybridized carbons (Fsp3) is 0.211. The Balaban J connectivity index is 1.58. The van der Waals surface area contributed by atoms with Crippen LogP contribution in [0.15, 0.2) is 52.9 Å². The van der Waals surface area contributed by atoms with Crippen LogP contribution >= 0.6 is 11.8 Å². The van der Waals surface area contributed by atoms with Gasteiger partial charge in [0.05, 0.1) is 25.5 Å². The predicted molar refractivity (Wildman–Crippen MR) is 104 cm³/mol. The van der Waals surface area contributed by atoms with Crippen LogP contribution in [0.3, 0.4) is 0 Å². The van der Waals surface area contributed by atoms with Crippen molar-refractivity contribution < 1.29 is 18.7 Å². The average molecular weight is 385 g/mol. The van der Waals surface area contributed by atoms with E-state index in [1.54, 1.807) is 32.4 Å². The second-order valence-electron chi connectivity index (χ2n) is 5.51. The number of nitrogens with one attached hydrogen (secondary N) is 1. The molecule has 0 saturated heterocycles. The minimum Gasteiger partial charge on any atom is -0.497 e. The minimum atomic E-state index is -0.201. The molecule has 3 rings (SSSR count). The van der Waals surface area contributed by atoms with Crippen LogP contribution in [0.5, 0.6) is 11.5 Å². The van der Waals surface area contributed by atoms with Crippen molar-refractivity contribution in [2.24, 2.45) is 0 Å². The summed E-state index contributed by atoms with van der Waals surface area (Å²) < 4.78 is 16.0. The normalized spacial score (nSPS) is 10.4. The molecule has 0 aliphatic rings. The van der Waals surface area contributed by atoms with Gasteiger partial charge in [-0.1, -0.05) is 35.4 Å². The lowest BCUT2D eigenvalue weighted by Crippen LogP contribution is -2.14. The van der Waals surface area contributed by atoms with Crippen molar-refractivity contribution in [2.45, 2.75) is 5.75 Å². The summed E-state index contributed by atoms with van der Waals surface area (Å²) in [6.07, 6.45) is 0. The number of ether oxygens (including phenoxy) is 2. The molecular formula is C19H19N3O4S. The molecule has 0 saturated carbocycles. The van der Waals surface area contributed by atoms with Crippen LogP contribution in [0.2, 0.25) is 0 Å². The van der Waals surface area contributed by atoms with Gasteiger partial charge in [0.15, 0.2) is 0 Å². The molecule has 0 spiro atoms. The molecule has 0 bridgehead atoms. The molecule has 0 radical (unpaired) electrons. The van der Waals surface area contributed by atoms with Crippen molar-refractivity contribution in [2.75, 3.05) is 25.3 Å². The third kappa shape index (κ3) is 5.01. The summed E-state index contributed by atoms with van der Waals surface area (Å²) in [7, 11) is 3.12. The number of nitrogens with zero attached hydrogens (tertiary/aromatic N) is 2. The van der Waals surface area contributed by atoms with Crippen LogP contribution in [-0.2, 0) is 10.5 Å². The molecule has 1 amide bonds. The fourth-order valence-corrected chi connectivity index (χ4v) is 3.14. The van der Waals surface area contributed by atoms with E-state index in [2.05, 4.69) is 15.5 Å². The first kappa shape index (κ1) is 18.8. The Labute approximate surface area is 161 Å². The van der Waals surface area contributed by atoms with Gasteiger partial charge in [-0.2, -0.15) is 0 Å². The van der Waals surface area contributed by atoms with Gasteiger partial charge in [0, 0.05) is 11.8 Å². The van der Waals surface area contributed by atoms with Crippen LogP contribution in [0, 0.1) is 0 Å². The Kier molecular flexibility index (Phi) is 6.32. The maximum absolute atomic E-state index is 12.1. The lowest BCUT2D eigenvalue weighted by Gasteiger charge is -2.07. The molecule has 0 fully saturated rings. The molecule has 0 aliphatic carbocycles. The fourth-order valence-electron chi connectivity index (χ4n) is 2.35. The SMILES string of the molecule is COc1ccc(-c2nnc(NC(=O)CSCc3ccccc3)o2)c(OC)c1. The number of hydrogen-bond donors (Lipinski definition) is 1. The topological polar surface area (TPSA) is 86.5 Å². The molecule has 2 aromatic carbocycles. The van der Waals surface area contributed by atoms with Crippen molar-refractivity contribution in [1.82, 2.24) is 10.2 Å². The zero-order valence-electron chi connectivity index (χ0n) is 15.0. The van der Waals surface area contributed by atoms with E-state index in [9.17, 15) is 4.79 Å². The quantitative estimate of drug-likeness (QED) is 0.634. The lowest BCUT2D eigenvalue weighted by atomic mass is 10.2. The van der Waals surface area contributed by atoms with Gasteiger partial charge in [-0.15, -0.1) is 16.9 Å². The predicted octanol–water partition coefficient (Wildman–Crippen LogP) is 3.63. The molecule has 7 nitrogen and oxygen atoms in total. The Hall–Kier alpha value is -3.00. The second kappa shape index (κ2) is 9.09. The van der Waals surface area contributed by atoms with Crippen LogP contribution in [-0.4, -0.2) is 36.1 Å². The van der Waals surface area contributed by atoms with E-state index in [0.29, 0.717) is 22.8 Å². The van der Waals surface area contributed by atoms with Gasteiger partial charge in [0.1, 0.15) is 11.5 Å². The Morgan fingerprint density at radius 2 is 1.93 bits per heavy atom. The number of benzene rings is 2. The van der Waals surface area contributed by atoms with E-state index >= 15 is 0 Å². The third-order valence-electron chi connectivity index (χ3n) is 3.66. The van der Waals surface area contributed by atoms with E-state index in [1.165, 1.54) is 17.3 Å². The molecular weight excluding hydrogens is 366 g/mol. The van der Waals surface area contributed by atoms with E-state index in [0.717, 1.165) is 5.75 Å². The number of rotatable bonds is 8. The summed E-state index contributed by atoms with van der Waals surface area (Å²) in [6.45, 7) is 0. The smallest absolute Gasteiger partial charge is 0.322 e. The van der Waals surface area contributed by atoms with Crippen molar-refractivity contribution in [3.63, 3.8) is 0 Å². The first-order valence-corrected chi connectivity index (χ1v) is 9.32. The van der Waals surface area contributed by atoms with Crippen molar-refractivity contribution in [3.05, 3.63) is 54.1 Å².